The van der Waals surface area contributed by atoms with Crippen molar-refractivity contribution in [2.45, 2.75) is 14.7 Å². The molecule has 0 saturated heterocycles. The monoisotopic (exact) mass is 890 g/mol. The zero-order valence-electron chi connectivity index (χ0n) is 31.3. The van der Waals surface area contributed by atoms with Crippen molar-refractivity contribution in [2.75, 3.05) is 19.5 Å². The minimum Gasteiger partial charge on any atom is -0.506 e. The van der Waals surface area contributed by atoms with Crippen LogP contribution in [0, 0.1) is 10.1 Å². The van der Waals surface area contributed by atoms with Crippen molar-refractivity contribution in [1.29, 1.82) is 0 Å². The van der Waals surface area contributed by atoms with E-state index in [0.717, 1.165) is 42.1 Å². The average Bonchev–Trinajstić information content (AvgIpc) is 3.20. The lowest BCUT2D eigenvalue weighted by Crippen LogP contribution is -2.02. The molecule has 0 saturated carbocycles. The van der Waals surface area contributed by atoms with Gasteiger partial charge in [-0.15, -0.1) is 15.3 Å². The summed E-state index contributed by atoms with van der Waals surface area (Å²) in [5.41, 5.74) is -0.584. The Kier molecular flexibility index (Phi) is 12.3. The first kappa shape index (κ1) is 43.4. The number of para-hydroxylation sites is 1. The molecule has 0 spiro atoms. The number of aromatic hydroxyl groups is 1. The number of azo groups is 2. The van der Waals surface area contributed by atoms with Crippen LogP contribution < -0.4 is 14.8 Å². The van der Waals surface area contributed by atoms with Crippen molar-refractivity contribution in [2.24, 2.45) is 20.5 Å². The first-order valence-corrected chi connectivity index (χ1v) is 21.3. The van der Waals surface area contributed by atoms with Gasteiger partial charge < -0.3 is 19.9 Å². The number of rotatable bonds is 14. The van der Waals surface area contributed by atoms with E-state index in [2.05, 4.69) is 25.8 Å². The van der Waals surface area contributed by atoms with E-state index in [1.165, 1.54) is 38.5 Å². The molecule has 61 heavy (non-hydrogen) atoms. The lowest BCUT2D eigenvalue weighted by Gasteiger charge is -2.14. The molecule has 314 valence electrons. The molecule has 0 heterocycles. The van der Waals surface area contributed by atoms with Gasteiger partial charge in [0.15, 0.2) is 5.75 Å². The maximum atomic E-state index is 12.6. The minimum absolute atomic E-state index is 0.0540. The summed E-state index contributed by atoms with van der Waals surface area (Å²) >= 11 is 0. The second kappa shape index (κ2) is 17.2. The Morgan fingerprint density at radius 3 is 1.87 bits per heavy atom. The maximum absolute atomic E-state index is 12.6. The lowest BCUT2D eigenvalue weighted by molar-refractivity contribution is -0.385. The number of nitrogens with zero attached hydrogens (tertiary/aromatic N) is 5. The second-order valence-electron chi connectivity index (χ2n) is 12.6. The van der Waals surface area contributed by atoms with Crippen LogP contribution in [0.1, 0.15) is 11.1 Å². The summed E-state index contributed by atoms with van der Waals surface area (Å²) < 4.78 is 114. The molecule has 6 rings (SSSR count). The molecule has 0 amide bonds. The van der Waals surface area contributed by atoms with Gasteiger partial charge in [-0.1, -0.05) is 36.4 Å². The summed E-state index contributed by atoms with van der Waals surface area (Å²) in [5, 5.41) is 42.0. The van der Waals surface area contributed by atoms with E-state index >= 15 is 0 Å². The smallest absolute Gasteiger partial charge is 0.296 e. The van der Waals surface area contributed by atoms with Crippen molar-refractivity contribution < 1.29 is 58.4 Å². The van der Waals surface area contributed by atoms with Crippen molar-refractivity contribution in [3.05, 3.63) is 124 Å². The third-order valence-electron chi connectivity index (χ3n) is 8.59. The van der Waals surface area contributed by atoms with Crippen LogP contribution >= 0.6 is 0 Å². The summed E-state index contributed by atoms with van der Waals surface area (Å²) in [7, 11) is -12.3. The van der Waals surface area contributed by atoms with Crippen molar-refractivity contribution >= 4 is 93.1 Å². The molecule has 0 radical (unpaired) electrons. The minimum atomic E-state index is -4.96. The Bertz CT molecular complexity index is 3160. The maximum Gasteiger partial charge on any atom is 0.296 e. The number of nitrogens with one attached hydrogen (secondary N) is 1. The van der Waals surface area contributed by atoms with E-state index in [0.29, 0.717) is 22.5 Å². The van der Waals surface area contributed by atoms with Crippen LogP contribution in [0.3, 0.4) is 0 Å². The fraction of sp³-hybridized carbons (Fsp3) is 0.0526. The highest BCUT2D eigenvalue weighted by atomic mass is 32.2. The molecule has 0 atom stereocenters. The third kappa shape index (κ3) is 10.0. The summed E-state index contributed by atoms with van der Waals surface area (Å²) in [5.74, 6) is -0.670. The number of phenols is 1. The first-order chi connectivity index (χ1) is 28.8. The van der Waals surface area contributed by atoms with Crippen LogP contribution in [0.5, 0.6) is 17.2 Å². The number of fused-ring (bicyclic) bond motifs is 1. The van der Waals surface area contributed by atoms with E-state index in [1.54, 1.807) is 18.2 Å². The van der Waals surface area contributed by atoms with Crippen LogP contribution in [0.25, 0.3) is 22.9 Å². The number of benzene rings is 6. The number of hydrogen-bond donors (Lipinski definition) is 5. The highest BCUT2D eigenvalue weighted by Gasteiger charge is 2.24. The Morgan fingerprint density at radius 2 is 1.26 bits per heavy atom. The molecule has 6 aromatic carbocycles. The summed E-state index contributed by atoms with van der Waals surface area (Å²) in [6, 6.07) is 23.6. The predicted molar refractivity (Wildman–Crippen MR) is 221 cm³/mol. The molecular formula is C38H30N6O14S3. The van der Waals surface area contributed by atoms with Crippen molar-refractivity contribution in [1.82, 2.24) is 0 Å². The second-order valence-corrected chi connectivity index (χ2v) is 16.7. The van der Waals surface area contributed by atoms with Gasteiger partial charge in [0, 0.05) is 41.0 Å². The zero-order chi connectivity index (χ0) is 44.3. The molecule has 0 aliphatic rings. The Hall–Kier alpha value is -7.15. The molecule has 0 unspecified atom stereocenters. The average molecular weight is 891 g/mol. The molecule has 0 aromatic heterocycles. The van der Waals surface area contributed by atoms with E-state index in [-0.39, 0.29) is 45.4 Å². The number of methoxy groups -OCH3 is 2. The van der Waals surface area contributed by atoms with Gasteiger partial charge in [0.05, 0.1) is 24.8 Å². The highest BCUT2D eigenvalue weighted by molar-refractivity contribution is 7.86. The topological polar surface area (TPSA) is 306 Å². The van der Waals surface area contributed by atoms with Crippen LogP contribution in [0.15, 0.2) is 138 Å². The standard InChI is InChI=1S/C38H30N6O14S3/c1-57-33-21-30(41-43-37-36(61(54,55)56)17-24-16-26(13-15-29(24)38(37)58-2)39-25-6-4-3-5-7-25)32(45)20-31(33)42-40-27-12-10-22(34(18-27)59(48,49)50)8-9-23-11-14-28(44(46)47)19-35(23)60(51,52)53/h3-21,39,45H,1-2H3,(H,48,49,50)(H,51,52,53)(H,54,55,56). The number of anilines is 2. The van der Waals surface area contributed by atoms with Gasteiger partial charge in [-0.3, -0.25) is 23.8 Å². The van der Waals surface area contributed by atoms with Crippen LogP contribution in [0.2, 0.25) is 0 Å². The van der Waals surface area contributed by atoms with Crippen LogP contribution in [-0.4, -0.2) is 63.2 Å². The number of nitro groups is 1. The van der Waals surface area contributed by atoms with E-state index < -0.39 is 61.4 Å². The third-order valence-corrected chi connectivity index (χ3v) is 11.3. The van der Waals surface area contributed by atoms with Crippen molar-refractivity contribution in [3.8, 4) is 17.2 Å². The molecule has 0 fully saturated rings. The fourth-order valence-corrected chi connectivity index (χ4v) is 7.87. The summed E-state index contributed by atoms with van der Waals surface area (Å²) in [6.07, 6.45) is 2.12. The highest BCUT2D eigenvalue weighted by Crippen LogP contribution is 2.45. The van der Waals surface area contributed by atoms with Gasteiger partial charge in [-0.2, -0.15) is 30.4 Å². The Balaban J connectivity index is 1.32. The normalized spacial score (nSPS) is 12.4. The Morgan fingerprint density at radius 1 is 0.639 bits per heavy atom. The van der Waals surface area contributed by atoms with E-state index in [4.69, 9.17) is 9.47 Å². The molecular weight excluding hydrogens is 861 g/mol. The number of non-ortho nitro benzene ring substituents is 1. The number of phenolic OH excluding ortho intramolecular Hbond substituents is 1. The molecule has 5 N–H and O–H groups in total. The molecule has 0 aliphatic carbocycles. The Labute approximate surface area is 346 Å². The van der Waals surface area contributed by atoms with Crippen LogP contribution in [0.4, 0.5) is 39.8 Å². The predicted octanol–water partition coefficient (Wildman–Crippen LogP) is 8.96. The van der Waals surface area contributed by atoms with Gasteiger partial charge in [0.1, 0.15) is 43.2 Å². The number of hydrogen-bond acceptors (Lipinski definition) is 16. The van der Waals surface area contributed by atoms with E-state index in [9.17, 15) is 54.1 Å². The SMILES string of the molecule is COc1cc(N=Nc2c(S(=O)(=O)O)cc3cc(Nc4ccccc4)ccc3c2OC)c(O)cc1N=Nc1ccc(C=Cc2ccc([N+](=O)[O-])cc2S(=O)(=O)O)c(S(=O)(=O)O)c1. The quantitative estimate of drug-likeness (QED) is 0.0224. The summed E-state index contributed by atoms with van der Waals surface area (Å²) in [4.78, 5) is 8.06. The molecule has 0 aliphatic heterocycles. The number of nitro benzene ring substituents is 1. The molecule has 23 heteroatoms. The fourth-order valence-electron chi connectivity index (χ4n) is 5.81. The largest absolute Gasteiger partial charge is 0.506 e. The zero-order valence-corrected chi connectivity index (χ0v) is 33.8. The summed E-state index contributed by atoms with van der Waals surface area (Å²) in [6.45, 7) is 0. The van der Waals surface area contributed by atoms with Gasteiger partial charge in [-0.05, 0) is 71.1 Å². The molecule has 6 aromatic rings. The number of ether oxygens (including phenoxy) is 2. The van der Waals surface area contributed by atoms with Crippen molar-refractivity contribution in [3.63, 3.8) is 0 Å². The first-order valence-electron chi connectivity index (χ1n) is 17.0. The van der Waals surface area contributed by atoms with Gasteiger partial charge in [-0.25, -0.2) is 0 Å². The molecule has 20 nitrogen and oxygen atoms in total. The van der Waals surface area contributed by atoms with Crippen LogP contribution in [-0.2, 0) is 30.4 Å². The van der Waals surface area contributed by atoms with Gasteiger partial charge in [0.25, 0.3) is 36.0 Å². The molecule has 0 bridgehead atoms. The van der Waals surface area contributed by atoms with Gasteiger partial charge >= 0.3 is 0 Å². The van der Waals surface area contributed by atoms with Gasteiger partial charge in [0.2, 0.25) is 0 Å². The lowest BCUT2D eigenvalue weighted by atomic mass is 10.1. The van der Waals surface area contributed by atoms with E-state index in [1.807, 2.05) is 30.3 Å².